The van der Waals surface area contributed by atoms with Crippen molar-refractivity contribution < 1.29 is 32.1 Å². The Bertz CT molecular complexity index is 1280. The van der Waals surface area contributed by atoms with Crippen molar-refractivity contribution in [1.82, 2.24) is 4.98 Å². The van der Waals surface area contributed by atoms with E-state index in [0.717, 1.165) is 24.4 Å². The molecule has 0 saturated carbocycles. The van der Waals surface area contributed by atoms with Gasteiger partial charge in [-0.15, -0.1) is 0 Å². The van der Waals surface area contributed by atoms with Crippen LogP contribution in [0.4, 0.5) is 20.2 Å². The summed E-state index contributed by atoms with van der Waals surface area (Å²) in [7, 11) is -4.08. The van der Waals surface area contributed by atoms with Gasteiger partial charge in [-0.1, -0.05) is 6.07 Å². The van der Waals surface area contributed by atoms with E-state index in [-0.39, 0.29) is 26.3 Å². The second kappa shape index (κ2) is 9.49. The monoisotopic (exact) mass is 480 g/mol. The number of carbonyl (C=O) groups excluding carboxylic acids is 2. The molecule has 14 heteroatoms. The first-order valence-corrected chi connectivity index (χ1v) is 10.9. The molecule has 2 aromatic carbocycles. The number of hydrogen-bond donors (Lipinski definition) is 2. The standard InChI is InChI=1S/C18H13FN4O7S2/c19-12-4-6-13(7-5-12)22-32(28,29)14-3-1-2-11(8-14)17(25)30-10-15(24)21-18-20-9-16(31-18)23(26)27/h1-9,22H,10H2,(H,20,21,24). The van der Waals surface area contributed by atoms with Gasteiger partial charge in [0.2, 0.25) is 0 Å². The van der Waals surface area contributed by atoms with Crippen LogP contribution in [-0.4, -0.2) is 36.8 Å². The Hall–Kier alpha value is -3.91. The van der Waals surface area contributed by atoms with Crippen LogP contribution in [0.3, 0.4) is 0 Å². The van der Waals surface area contributed by atoms with Gasteiger partial charge in [0.1, 0.15) is 12.0 Å². The highest BCUT2D eigenvalue weighted by Crippen LogP contribution is 2.24. The summed E-state index contributed by atoms with van der Waals surface area (Å²) in [6.45, 7) is -0.725. The number of aromatic nitrogens is 1. The third-order valence-corrected chi connectivity index (χ3v) is 5.97. The van der Waals surface area contributed by atoms with Gasteiger partial charge in [0.15, 0.2) is 11.7 Å². The van der Waals surface area contributed by atoms with Gasteiger partial charge in [0.05, 0.1) is 15.4 Å². The lowest BCUT2D eigenvalue weighted by molar-refractivity contribution is -0.380. The zero-order valence-corrected chi connectivity index (χ0v) is 17.5. The summed E-state index contributed by atoms with van der Waals surface area (Å²) in [4.78, 5) is 37.4. The van der Waals surface area contributed by atoms with E-state index in [1.165, 1.54) is 30.3 Å². The molecule has 166 valence electrons. The van der Waals surface area contributed by atoms with E-state index in [1.54, 1.807) is 0 Å². The number of benzene rings is 2. The Labute approximate surface area is 184 Å². The first-order chi connectivity index (χ1) is 15.1. The highest BCUT2D eigenvalue weighted by molar-refractivity contribution is 7.92. The molecular formula is C18H13FN4O7S2. The Morgan fingerprint density at radius 3 is 2.56 bits per heavy atom. The van der Waals surface area contributed by atoms with E-state index in [0.29, 0.717) is 11.3 Å². The number of nitrogens with one attached hydrogen (secondary N) is 2. The second-order valence-corrected chi connectivity index (χ2v) is 8.72. The maximum absolute atomic E-state index is 13.0. The average Bonchev–Trinajstić information content (AvgIpc) is 3.22. The van der Waals surface area contributed by atoms with Crippen molar-refractivity contribution in [2.24, 2.45) is 0 Å². The number of anilines is 2. The summed E-state index contributed by atoms with van der Waals surface area (Å²) in [5, 5.41) is 12.5. The second-order valence-electron chi connectivity index (χ2n) is 6.03. The Morgan fingerprint density at radius 2 is 1.91 bits per heavy atom. The predicted octanol–water partition coefficient (Wildman–Crippen LogP) is 2.79. The van der Waals surface area contributed by atoms with Crippen LogP contribution in [0.15, 0.2) is 59.6 Å². The van der Waals surface area contributed by atoms with E-state index in [2.05, 4.69) is 15.0 Å². The smallest absolute Gasteiger partial charge is 0.345 e. The Kier molecular flexibility index (Phi) is 6.75. The van der Waals surface area contributed by atoms with Gasteiger partial charge in [-0.25, -0.2) is 22.6 Å². The Balaban J connectivity index is 1.62. The molecule has 3 rings (SSSR count). The molecule has 1 amide bonds. The first-order valence-electron chi connectivity index (χ1n) is 8.60. The van der Waals surface area contributed by atoms with Crippen LogP contribution in [-0.2, 0) is 19.6 Å². The minimum atomic E-state index is -4.08. The van der Waals surface area contributed by atoms with E-state index in [4.69, 9.17) is 4.74 Å². The van der Waals surface area contributed by atoms with Crippen molar-refractivity contribution in [3.8, 4) is 0 Å². The molecule has 0 aliphatic heterocycles. The van der Waals surface area contributed by atoms with Crippen LogP contribution in [0.1, 0.15) is 10.4 Å². The van der Waals surface area contributed by atoms with Crippen molar-refractivity contribution >= 4 is 49.1 Å². The Morgan fingerprint density at radius 1 is 1.19 bits per heavy atom. The fourth-order valence-electron chi connectivity index (χ4n) is 2.30. The number of amides is 1. The summed E-state index contributed by atoms with van der Waals surface area (Å²) in [5.41, 5.74) is -0.0110. The van der Waals surface area contributed by atoms with E-state index < -0.39 is 39.2 Å². The molecule has 3 aromatic rings. The number of ether oxygens (including phenoxy) is 1. The lowest BCUT2D eigenvalue weighted by Crippen LogP contribution is -2.21. The number of halogens is 1. The molecule has 0 aliphatic rings. The van der Waals surface area contributed by atoms with Crippen molar-refractivity contribution in [3.05, 3.63) is 76.2 Å². The normalized spacial score (nSPS) is 10.9. The molecule has 11 nitrogen and oxygen atoms in total. The van der Waals surface area contributed by atoms with Crippen LogP contribution in [0.5, 0.6) is 0 Å². The molecule has 0 fully saturated rings. The van der Waals surface area contributed by atoms with Gasteiger partial charge in [0.25, 0.3) is 15.9 Å². The molecule has 1 heterocycles. The van der Waals surface area contributed by atoms with Crippen LogP contribution in [0.25, 0.3) is 0 Å². The number of esters is 1. The maximum Gasteiger partial charge on any atom is 0.345 e. The van der Waals surface area contributed by atoms with E-state index in [9.17, 15) is 32.5 Å². The number of rotatable bonds is 8. The number of sulfonamides is 1. The van der Waals surface area contributed by atoms with Gasteiger partial charge in [-0.2, -0.15) is 0 Å². The third-order valence-electron chi connectivity index (χ3n) is 3.73. The molecule has 0 saturated heterocycles. The summed E-state index contributed by atoms with van der Waals surface area (Å²) in [6, 6.07) is 9.54. The zero-order chi connectivity index (χ0) is 23.3. The minimum Gasteiger partial charge on any atom is -0.452 e. The number of hydrogen-bond acceptors (Lipinski definition) is 9. The van der Waals surface area contributed by atoms with Crippen molar-refractivity contribution in [2.75, 3.05) is 16.6 Å². The van der Waals surface area contributed by atoms with E-state index >= 15 is 0 Å². The van der Waals surface area contributed by atoms with Crippen molar-refractivity contribution in [2.45, 2.75) is 4.90 Å². The minimum absolute atomic E-state index is 0.0438. The molecule has 0 bridgehead atoms. The molecule has 0 radical (unpaired) electrons. The van der Waals surface area contributed by atoms with Gasteiger partial charge in [-0.3, -0.25) is 24.9 Å². The molecule has 32 heavy (non-hydrogen) atoms. The fourth-order valence-corrected chi connectivity index (χ4v) is 4.05. The van der Waals surface area contributed by atoms with Gasteiger partial charge >= 0.3 is 11.0 Å². The molecule has 0 unspecified atom stereocenters. The van der Waals surface area contributed by atoms with Crippen LogP contribution < -0.4 is 10.0 Å². The molecule has 0 atom stereocenters. The van der Waals surface area contributed by atoms with E-state index in [1.807, 2.05) is 0 Å². The predicted molar refractivity (Wildman–Crippen MR) is 111 cm³/mol. The number of nitro groups is 1. The average molecular weight is 480 g/mol. The lowest BCUT2D eigenvalue weighted by atomic mass is 10.2. The third kappa shape index (κ3) is 5.83. The zero-order valence-electron chi connectivity index (χ0n) is 15.8. The quantitative estimate of drug-likeness (QED) is 0.283. The van der Waals surface area contributed by atoms with Gasteiger partial charge < -0.3 is 4.74 Å². The topological polar surface area (TPSA) is 158 Å². The maximum atomic E-state index is 13.0. The number of nitrogens with zero attached hydrogens (tertiary/aromatic N) is 2. The molecular weight excluding hydrogens is 467 g/mol. The first kappa shape index (κ1) is 22.8. The summed E-state index contributed by atoms with van der Waals surface area (Å²) < 4.78 is 45.1. The lowest BCUT2D eigenvalue weighted by Gasteiger charge is -2.09. The highest BCUT2D eigenvalue weighted by Gasteiger charge is 2.19. The molecule has 0 aliphatic carbocycles. The van der Waals surface area contributed by atoms with Gasteiger partial charge in [-0.05, 0) is 53.8 Å². The summed E-state index contributed by atoms with van der Waals surface area (Å²) in [6.07, 6.45) is 0.970. The number of carbonyl (C=O) groups is 2. The molecule has 1 aromatic heterocycles. The summed E-state index contributed by atoms with van der Waals surface area (Å²) >= 11 is 0.629. The molecule has 2 N–H and O–H groups in total. The van der Waals surface area contributed by atoms with Crippen LogP contribution in [0, 0.1) is 15.9 Å². The van der Waals surface area contributed by atoms with Crippen molar-refractivity contribution in [3.63, 3.8) is 0 Å². The number of thiazole rings is 1. The fraction of sp³-hybridized carbons (Fsp3) is 0.0556. The van der Waals surface area contributed by atoms with Gasteiger partial charge in [0, 0.05) is 5.69 Å². The van der Waals surface area contributed by atoms with Crippen LogP contribution >= 0.6 is 11.3 Å². The van der Waals surface area contributed by atoms with Crippen LogP contribution in [0.2, 0.25) is 0 Å². The highest BCUT2D eigenvalue weighted by atomic mass is 32.2. The SMILES string of the molecule is O=C(COC(=O)c1cccc(S(=O)(=O)Nc2ccc(F)cc2)c1)Nc1ncc([N+](=O)[O-])s1. The largest absolute Gasteiger partial charge is 0.452 e. The molecule has 0 spiro atoms. The van der Waals surface area contributed by atoms with Crippen molar-refractivity contribution in [1.29, 1.82) is 0 Å². The summed E-state index contributed by atoms with van der Waals surface area (Å²) in [5.74, 6) is -2.29.